The quantitative estimate of drug-likeness (QED) is 0.490. The summed E-state index contributed by atoms with van der Waals surface area (Å²) in [5.41, 5.74) is 0. The van der Waals surface area contributed by atoms with Crippen LogP contribution in [0.25, 0.3) is 0 Å². The van der Waals surface area contributed by atoms with Crippen LogP contribution in [0.3, 0.4) is 0 Å². The molecule has 0 saturated carbocycles. The Hall–Kier alpha value is -1.26. The minimum atomic E-state index is -0.809. The van der Waals surface area contributed by atoms with Gasteiger partial charge in [0.05, 0.1) is 12.7 Å². The van der Waals surface area contributed by atoms with Gasteiger partial charge in [0.25, 0.3) is 0 Å². The van der Waals surface area contributed by atoms with Crippen LogP contribution in [0, 0.1) is 11.8 Å². The summed E-state index contributed by atoms with van der Waals surface area (Å²) in [6, 6.07) is 0. The third-order valence-corrected chi connectivity index (χ3v) is 5.81. The SMILES string of the molecule is CC(=O)OCC1O[C@@H](O[C@@H]2C3CO[C@H](O3)C3O[C@@H]32)[C@@H](OC(C)=O)C(C)[C@@H]1C. The summed E-state index contributed by atoms with van der Waals surface area (Å²) < 4.78 is 39.9. The minimum absolute atomic E-state index is 0.000253. The molecule has 4 unspecified atom stereocenters. The van der Waals surface area contributed by atoms with Crippen LogP contribution < -0.4 is 0 Å². The minimum Gasteiger partial charge on any atom is -0.463 e. The van der Waals surface area contributed by atoms with Crippen LogP contribution in [0.5, 0.6) is 0 Å². The number of esters is 2. The van der Waals surface area contributed by atoms with E-state index in [1.807, 2.05) is 13.8 Å². The van der Waals surface area contributed by atoms with Crippen LogP contribution in [0.15, 0.2) is 0 Å². The molecule has 9 heteroatoms. The van der Waals surface area contributed by atoms with E-state index in [1.54, 1.807) is 0 Å². The van der Waals surface area contributed by atoms with Crippen molar-refractivity contribution in [3.05, 3.63) is 0 Å². The molecule has 27 heavy (non-hydrogen) atoms. The first kappa shape index (κ1) is 19.1. The van der Waals surface area contributed by atoms with Gasteiger partial charge in [0.2, 0.25) is 0 Å². The molecule has 4 aliphatic heterocycles. The van der Waals surface area contributed by atoms with Crippen molar-refractivity contribution in [1.82, 2.24) is 0 Å². The Labute approximate surface area is 157 Å². The summed E-state index contributed by atoms with van der Waals surface area (Å²) in [4.78, 5) is 22.8. The lowest BCUT2D eigenvalue weighted by Crippen LogP contribution is -2.56. The molecule has 152 valence electrons. The van der Waals surface area contributed by atoms with Gasteiger partial charge in [-0.25, -0.2) is 0 Å². The highest BCUT2D eigenvalue weighted by molar-refractivity contribution is 5.66. The third-order valence-electron chi connectivity index (χ3n) is 5.81. The second-order valence-corrected chi connectivity index (χ2v) is 7.68. The molecule has 0 amide bonds. The predicted octanol–water partition coefficient (Wildman–Crippen LogP) is 0.386. The summed E-state index contributed by atoms with van der Waals surface area (Å²) in [5, 5.41) is 0. The van der Waals surface area contributed by atoms with Crippen LogP contribution >= 0.6 is 0 Å². The number of epoxide rings is 1. The molecule has 0 aromatic carbocycles. The monoisotopic (exact) mass is 386 g/mol. The fraction of sp³-hybridized carbons (Fsp3) is 0.889. The first-order chi connectivity index (χ1) is 12.8. The standard InChI is InChI=1S/C18H26O9/c1-7-8(2)13(23-10(4)20)18(24-11(7)5-21-9(3)19)27-14-12-6-22-17(25-12)16-15(14)26-16/h7-8,11-18H,5-6H2,1-4H3/t7-,8?,11?,12?,13-,14+,15+,16?,17+,18-/m0/s1. The fourth-order valence-corrected chi connectivity index (χ4v) is 4.05. The van der Waals surface area contributed by atoms with E-state index in [-0.39, 0.29) is 61.2 Å². The molecule has 0 aliphatic carbocycles. The summed E-state index contributed by atoms with van der Waals surface area (Å²) in [6.07, 6.45) is -2.94. The first-order valence-corrected chi connectivity index (χ1v) is 9.39. The van der Waals surface area contributed by atoms with Gasteiger partial charge < -0.3 is 33.2 Å². The van der Waals surface area contributed by atoms with Gasteiger partial charge in [-0.2, -0.15) is 0 Å². The number of rotatable bonds is 5. The molecule has 4 fully saturated rings. The maximum absolute atomic E-state index is 11.6. The lowest BCUT2D eigenvalue weighted by molar-refractivity contribution is -0.302. The highest BCUT2D eigenvalue weighted by atomic mass is 16.8. The van der Waals surface area contributed by atoms with Crippen molar-refractivity contribution in [2.24, 2.45) is 11.8 Å². The Morgan fingerprint density at radius 1 is 0.963 bits per heavy atom. The van der Waals surface area contributed by atoms with E-state index >= 15 is 0 Å². The second-order valence-electron chi connectivity index (χ2n) is 7.68. The van der Waals surface area contributed by atoms with E-state index in [1.165, 1.54) is 13.8 Å². The Kier molecular flexibility index (Phi) is 5.15. The second kappa shape index (κ2) is 7.29. The highest BCUT2D eigenvalue weighted by Gasteiger charge is 2.63. The average Bonchev–Trinajstić information content (AvgIpc) is 3.29. The number of fused-ring (bicyclic) bond motifs is 4. The Morgan fingerprint density at radius 3 is 2.44 bits per heavy atom. The van der Waals surface area contributed by atoms with Crippen molar-refractivity contribution in [3.8, 4) is 0 Å². The van der Waals surface area contributed by atoms with Crippen molar-refractivity contribution in [2.45, 2.75) is 76.9 Å². The van der Waals surface area contributed by atoms with Gasteiger partial charge in [0.15, 0.2) is 18.7 Å². The summed E-state index contributed by atoms with van der Waals surface area (Å²) in [6.45, 7) is 7.21. The van der Waals surface area contributed by atoms with Crippen molar-refractivity contribution in [1.29, 1.82) is 0 Å². The normalized spacial score (nSPS) is 47.9. The smallest absolute Gasteiger partial charge is 0.303 e. The van der Waals surface area contributed by atoms with Gasteiger partial charge in [-0.1, -0.05) is 13.8 Å². The summed E-state index contributed by atoms with van der Waals surface area (Å²) >= 11 is 0. The van der Waals surface area contributed by atoms with Crippen molar-refractivity contribution in [3.63, 3.8) is 0 Å². The topological polar surface area (TPSA) is 102 Å². The molecule has 0 aromatic heterocycles. The largest absolute Gasteiger partial charge is 0.463 e. The maximum atomic E-state index is 11.6. The van der Waals surface area contributed by atoms with Crippen molar-refractivity contribution < 1.29 is 42.7 Å². The molecule has 4 aliphatic rings. The van der Waals surface area contributed by atoms with E-state index < -0.39 is 18.4 Å². The lowest BCUT2D eigenvalue weighted by atomic mass is 9.83. The molecule has 0 aromatic rings. The van der Waals surface area contributed by atoms with E-state index in [0.717, 1.165) is 0 Å². The molecule has 2 bridgehead atoms. The Bertz CT molecular complexity index is 593. The van der Waals surface area contributed by atoms with Crippen molar-refractivity contribution in [2.75, 3.05) is 13.2 Å². The summed E-state index contributed by atoms with van der Waals surface area (Å²) in [5.74, 6) is -0.831. The zero-order valence-electron chi connectivity index (χ0n) is 15.9. The molecule has 4 heterocycles. The predicted molar refractivity (Wildman–Crippen MR) is 87.3 cm³/mol. The van der Waals surface area contributed by atoms with Gasteiger partial charge in [-0.05, 0) is 5.92 Å². The van der Waals surface area contributed by atoms with Crippen molar-refractivity contribution >= 4 is 11.9 Å². The molecule has 10 atom stereocenters. The fourth-order valence-electron chi connectivity index (χ4n) is 4.05. The van der Waals surface area contributed by atoms with Crippen LogP contribution in [0.2, 0.25) is 0 Å². The van der Waals surface area contributed by atoms with E-state index in [9.17, 15) is 9.59 Å². The molecular weight excluding hydrogens is 360 g/mol. The maximum Gasteiger partial charge on any atom is 0.303 e. The number of carbonyl (C=O) groups is 2. The van der Waals surface area contributed by atoms with Crippen LogP contribution in [-0.4, -0.2) is 74.4 Å². The van der Waals surface area contributed by atoms with Gasteiger partial charge in [0.1, 0.15) is 31.0 Å². The third kappa shape index (κ3) is 3.71. The highest BCUT2D eigenvalue weighted by Crippen LogP contribution is 2.44. The van der Waals surface area contributed by atoms with Crippen LogP contribution in [0.1, 0.15) is 27.7 Å². The molecule has 0 N–H and O–H groups in total. The van der Waals surface area contributed by atoms with Gasteiger partial charge in [-0.15, -0.1) is 0 Å². The zero-order chi connectivity index (χ0) is 19.3. The Morgan fingerprint density at radius 2 is 1.74 bits per heavy atom. The first-order valence-electron chi connectivity index (χ1n) is 9.39. The number of carbonyl (C=O) groups excluding carboxylic acids is 2. The number of ether oxygens (including phenoxy) is 7. The van der Waals surface area contributed by atoms with E-state index in [0.29, 0.717) is 6.61 Å². The molecule has 9 nitrogen and oxygen atoms in total. The molecular formula is C18H26O9. The lowest BCUT2D eigenvalue weighted by Gasteiger charge is -2.44. The number of hydrogen-bond acceptors (Lipinski definition) is 9. The van der Waals surface area contributed by atoms with Gasteiger partial charge >= 0.3 is 11.9 Å². The molecule has 0 radical (unpaired) electrons. The van der Waals surface area contributed by atoms with Gasteiger partial charge in [-0.3, -0.25) is 9.59 Å². The zero-order valence-corrected chi connectivity index (χ0v) is 15.9. The van der Waals surface area contributed by atoms with Crippen LogP contribution in [-0.2, 0) is 42.7 Å². The average molecular weight is 386 g/mol. The summed E-state index contributed by atoms with van der Waals surface area (Å²) in [7, 11) is 0. The van der Waals surface area contributed by atoms with E-state index in [4.69, 9.17) is 33.2 Å². The Balaban J connectivity index is 1.49. The molecule has 0 spiro atoms. The molecule has 4 rings (SSSR count). The van der Waals surface area contributed by atoms with E-state index in [2.05, 4.69) is 0 Å². The number of hydrogen-bond donors (Lipinski definition) is 0. The van der Waals surface area contributed by atoms with Gasteiger partial charge in [0, 0.05) is 19.8 Å². The van der Waals surface area contributed by atoms with Crippen LogP contribution in [0.4, 0.5) is 0 Å². The molecule has 4 saturated heterocycles.